The third-order valence-electron chi connectivity index (χ3n) is 5.31. The van der Waals surface area contributed by atoms with Gasteiger partial charge in [0.15, 0.2) is 23.0 Å². The zero-order valence-corrected chi connectivity index (χ0v) is 19.8. The normalized spacial score (nSPS) is 10.6. The summed E-state index contributed by atoms with van der Waals surface area (Å²) in [6, 6.07) is 15.0. The topological polar surface area (TPSA) is 55.4 Å². The number of methoxy groups -OCH3 is 6. The zero-order chi connectivity index (χ0) is 23.3. The summed E-state index contributed by atoms with van der Waals surface area (Å²) in [6.45, 7) is 0. The lowest BCUT2D eigenvalue weighted by atomic mass is 9.83. The van der Waals surface area contributed by atoms with Crippen molar-refractivity contribution in [2.75, 3.05) is 42.7 Å². The molecule has 3 aromatic carbocycles. The number of hydrogen-bond acceptors (Lipinski definition) is 6. The molecule has 0 bridgehead atoms. The van der Waals surface area contributed by atoms with E-state index in [0.717, 1.165) is 16.7 Å². The minimum Gasteiger partial charge on any atom is -0.496 e. The lowest BCUT2D eigenvalue weighted by Gasteiger charge is -2.26. The van der Waals surface area contributed by atoms with Crippen LogP contribution in [-0.2, 0) is 0 Å². The first-order valence-electron chi connectivity index (χ1n) is 9.87. The van der Waals surface area contributed by atoms with Gasteiger partial charge in [0.1, 0.15) is 11.5 Å². The van der Waals surface area contributed by atoms with E-state index in [1.807, 2.05) is 36.4 Å². The first-order valence-corrected chi connectivity index (χ1v) is 10.2. The molecular weight excluding hydrogens is 432 g/mol. The summed E-state index contributed by atoms with van der Waals surface area (Å²) in [6.07, 6.45) is 0. The molecule has 0 saturated carbocycles. The van der Waals surface area contributed by atoms with Gasteiger partial charge in [-0.05, 0) is 23.8 Å². The van der Waals surface area contributed by atoms with E-state index in [9.17, 15) is 0 Å². The lowest BCUT2D eigenvalue weighted by Crippen LogP contribution is -2.09. The maximum Gasteiger partial charge on any atom is 0.164 e. The molecule has 6 nitrogen and oxygen atoms in total. The van der Waals surface area contributed by atoms with Gasteiger partial charge in [-0.15, -0.1) is 0 Å². The summed E-state index contributed by atoms with van der Waals surface area (Å²) in [5.41, 5.74) is 2.51. The molecule has 0 atom stereocenters. The Kier molecular flexibility index (Phi) is 7.59. The van der Waals surface area contributed by atoms with Gasteiger partial charge in [-0.25, -0.2) is 0 Å². The van der Waals surface area contributed by atoms with E-state index >= 15 is 0 Å². The van der Waals surface area contributed by atoms with E-state index in [-0.39, 0.29) is 5.92 Å². The van der Waals surface area contributed by atoms with Crippen LogP contribution in [0.5, 0.6) is 34.5 Å². The summed E-state index contributed by atoms with van der Waals surface area (Å²) >= 11 is 6.68. The summed E-state index contributed by atoms with van der Waals surface area (Å²) in [4.78, 5) is 0. The second kappa shape index (κ2) is 10.4. The van der Waals surface area contributed by atoms with Crippen molar-refractivity contribution in [3.8, 4) is 34.5 Å². The van der Waals surface area contributed by atoms with Crippen LogP contribution in [0.3, 0.4) is 0 Å². The van der Waals surface area contributed by atoms with Crippen LogP contribution in [0.2, 0.25) is 5.02 Å². The molecule has 0 radical (unpaired) electrons. The molecule has 0 aliphatic carbocycles. The van der Waals surface area contributed by atoms with Crippen LogP contribution in [0.15, 0.2) is 48.5 Å². The smallest absolute Gasteiger partial charge is 0.164 e. The van der Waals surface area contributed by atoms with Crippen molar-refractivity contribution in [1.82, 2.24) is 0 Å². The first-order chi connectivity index (χ1) is 15.5. The fourth-order valence-electron chi connectivity index (χ4n) is 3.77. The number of ether oxygens (including phenoxy) is 6. The molecule has 0 spiro atoms. The minimum atomic E-state index is -0.367. The van der Waals surface area contributed by atoms with Gasteiger partial charge < -0.3 is 28.4 Å². The van der Waals surface area contributed by atoms with Crippen molar-refractivity contribution in [3.63, 3.8) is 0 Å². The summed E-state index contributed by atoms with van der Waals surface area (Å²) in [7, 11) is 9.57. The molecule has 3 rings (SSSR count). The van der Waals surface area contributed by atoms with Crippen LogP contribution in [0.1, 0.15) is 22.6 Å². The fourth-order valence-corrected chi connectivity index (χ4v) is 4.01. The second-order valence-corrected chi connectivity index (χ2v) is 7.26. The van der Waals surface area contributed by atoms with Crippen molar-refractivity contribution >= 4 is 11.6 Å². The maximum absolute atomic E-state index is 6.68. The molecular formula is C25H27ClO6. The van der Waals surface area contributed by atoms with E-state index in [4.69, 9.17) is 40.0 Å². The Balaban J connectivity index is 2.40. The highest BCUT2D eigenvalue weighted by molar-refractivity contribution is 6.31. The summed E-state index contributed by atoms with van der Waals surface area (Å²) in [5.74, 6) is 3.12. The van der Waals surface area contributed by atoms with Crippen LogP contribution in [0.25, 0.3) is 0 Å². The summed E-state index contributed by atoms with van der Waals surface area (Å²) < 4.78 is 33.6. The molecule has 0 amide bonds. The van der Waals surface area contributed by atoms with Gasteiger partial charge in [0.05, 0.1) is 42.7 Å². The van der Waals surface area contributed by atoms with Gasteiger partial charge in [0, 0.05) is 34.2 Å². The van der Waals surface area contributed by atoms with Gasteiger partial charge in [-0.1, -0.05) is 29.8 Å². The quantitative estimate of drug-likeness (QED) is 0.390. The molecule has 0 aromatic heterocycles. The average molecular weight is 459 g/mol. The van der Waals surface area contributed by atoms with E-state index in [1.54, 1.807) is 54.8 Å². The predicted octanol–water partition coefficient (Wildman–Crippen LogP) is 5.57. The highest BCUT2D eigenvalue weighted by atomic mass is 35.5. The molecule has 170 valence electrons. The molecule has 0 unspecified atom stereocenters. The number of hydrogen-bond donors (Lipinski definition) is 0. The Morgan fingerprint density at radius 2 is 0.875 bits per heavy atom. The van der Waals surface area contributed by atoms with Gasteiger partial charge in [-0.2, -0.15) is 0 Å². The fraction of sp³-hybridized carbons (Fsp3) is 0.280. The Morgan fingerprint density at radius 1 is 0.500 bits per heavy atom. The van der Waals surface area contributed by atoms with Crippen molar-refractivity contribution in [2.24, 2.45) is 0 Å². The molecule has 7 heteroatoms. The monoisotopic (exact) mass is 458 g/mol. The van der Waals surface area contributed by atoms with Crippen molar-refractivity contribution in [1.29, 1.82) is 0 Å². The predicted molar refractivity (Wildman–Crippen MR) is 125 cm³/mol. The molecule has 32 heavy (non-hydrogen) atoms. The average Bonchev–Trinajstić information content (AvgIpc) is 2.84. The van der Waals surface area contributed by atoms with E-state index < -0.39 is 0 Å². The van der Waals surface area contributed by atoms with Crippen LogP contribution in [-0.4, -0.2) is 42.7 Å². The number of halogens is 1. The van der Waals surface area contributed by atoms with Crippen LogP contribution in [0, 0.1) is 0 Å². The Hall–Kier alpha value is -3.25. The Bertz CT molecular complexity index is 1020. The largest absolute Gasteiger partial charge is 0.496 e. The third kappa shape index (κ3) is 4.36. The second-order valence-electron chi connectivity index (χ2n) is 6.85. The minimum absolute atomic E-state index is 0.367. The molecule has 0 fully saturated rings. The summed E-state index contributed by atoms with van der Waals surface area (Å²) in [5, 5.41) is 0.603. The van der Waals surface area contributed by atoms with Crippen LogP contribution < -0.4 is 28.4 Å². The van der Waals surface area contributed by atoms with Crippen molar-refractivity contribution in [2.45, 2.75) is 5.92 Å². The number of rotatable bonds is 9. The highest BCUT2D eigenvalue weighted by Gasteiger charge is 2.29. The molecule has 0 heterocycles. The van der Waals surface area contributed by atoms with Crippen molar-refractivity contribution < 1.29 is 28.4 Å². The van der Waals surface area contributed by atoms with Gasteiger partial charge in [-0.3, -0.25) is 0 Å². The van der Waals surface area contributed by atoms with Gasteiger partial charge in [0.2, 0.25) is 0 Å². The SMILES string of the molecule is COc1cc(OC)c(C(c2ccccc2Cl)c2cc(OC)c(OC)cc2OC)cc1OC. The molecule has 0 N–H and O–H groups in total. The molecule has 0 aliphatic heterocycles. The molecule has 0 aliphatic rings. The van der Waals surface area contributed by atoms with Crippen molar-refractivity contribution in [3.05, 3.63) is 70.2 Å². The van der Waals surface area contributed by atoms with Gasteiger partial charge in [0.25, 0.3) is 0 Å². The lowest BCUT2D eigenvalue weighted by molar-refractivity contribution is 0.345. The number of benzene rings is 3. The standard InChI is InChI=1S/C25H27ClO6/c1-27-19-13-23(31-5)21(29-3)11-16(19)25(15-9-7-8-10-18(15)26)17-12-22(30-4)24(32-6)14-20(17)28-2/h7-14,25H,1-6H3. The Morgan fingerprint density at radius 3 is 1.25 bits per heavy atom. The Labute approximate surface area is 193 Å². The van der Waals surface area contributed by atoms with E-state index in [1.165, 1.54) is 0 Å². The van der Waals surface area contributed by atoms with E-state index in [0.29, 0.717) is 39.5 Å². The van der Waals surface area contributed by atoms with Crippen LogP contribution >= 0.6 is 11.6 Å². The molecule has 3 aromatic rings. The third-order valence-corrected chi connectivity index (χ3v) is 5.65. The van der Waals surface area contributed by atoms with E-state index in [2.05, 4.69) is 0 Å². The zero-order valence-electron chi connectivity index (χ0n) is 19.0. The maximum atomic E-state index is 6.68. The highest BCUT2D eigenvalue weighted by Crippen LogP contribution is 2.48. The van der Waals surface area contributed by atoms with Crippen LogP contribution in [0.4, 0.5) is 0 Å². The molecule has 0 saturated heterocycles. The first kappa shape index (κ1) is 23.4. The van der Waals surface area contributed by atoms with Gasteiger partial charge >= 0.3 is 0 Å².